The van der Waals surface area contributed by atoms with Gasteiger partial charge in [0.25, 0.3) is 0 Å². The number of hydrogen-bond acceptors (Lipinski definition) is 4. The van der Waals surface area contributed by atoms with E-state index in [1.54, 1.807) is 4.90 Å². The molecule has 0 fully saturated rings. The Bertz CT molecular complexity index is 540. The summed E-state index contributed by atoms with van der Waals surface area (Å²) in [6.45, 7) is 12.6. The van der Waals surface area contributed by atoms with E-state index in [-0.39, 0.29) is 6.09 Å². The number of nitrogens with two attached hydrogens (primary N) is 1. The van der Waals surface area contributed by atoms with Crippen LogP contribution >= 0.6 is 0 Å². The number of fused-ring (bicyclic) bond motifs is 1. The van der Waals surface area contributed by atoms with Crippen molar-refractivity contribution < 1.29 is 9.53 Å². The highest BCUT2D eigenvalue weighted by Crippen LogP contribution is 2.34. The molecule has 1 aliphatic rings. The fourth-order valence-corrected chi connectivity index (χ4v) is 2.52. The van der Waals surface area contributed by atoms with Gasteiger partial charge in [0.2, 0.25) is 0 Å². The van der Waals surface area contributed by atoms with Gasteiger partial charge in [0.1, 0.15) is 17.2 Å². The molecule has 1 aliphatic heterocycles. The zero-order valence-electron chi connectivity index (χ0n) is 13.1. The van der Waals surface area contributed by atoms with Crippen molar-refractivity contribution in [3.05, 3.63) is 11.5 Å². The van der Waals surface area contributed by atoms with Crippen molar-refractivity contribution in [1.29, 1.82) is 0 Å². The van der Waals surface area contributed by atoms with Crippen LogP contribution in [-0.2, 0) is 16.8 Å². The fourth-order valence-electron chi connectivity index (χ4n) is 2.52. The third-order valence-electron chi connectivity index (χ3n) is 3.57. The first-order valence-corrected chi connectivity index (χ1v) is 6.88. The molecule has 0 radical (unpaired) electrons. The van der Waals surface area contributed by atoms with Gasteiger partial charge in [0.05, 0.1) is 11.2 Å². The molecule has 6 nitrogen and oxygen atoms in total. The van der Waals surface area contributed by atoms with Crippen molar-refractivity contribution in [2.24, 2.45) is 0 Å². The number of anilines is 1. The molecule has 112 valence electrons. The van der Waals surface area contributed by atoms with E-state index >= 15 is 0 Å². The van der Waals surface area contributed by atoms with E-state index in [1.165, 1.54) is 0 Å². The number of aromatic nitrogens is 2. The molecule has 1 aromatic rings. The van der Waals surface area contributed by atoms with Gasteiger partial charge >= 0.3 is 6.09 Å². The highest BCUT2D eigenvalue weighted by atomic mass is 16.6. The van der Waals surface area contributed by atoms with Crippen LogP contribution in [0.4, 0.5) is 10.6 Å². The Hall–Kier alpha value is -1.72. The number of amides is 1. The summed E-state index contributed by atoms with van der Waals surface area (Å²) in [4.78, 5) is 18.6. The summed E-state index contributed by atoms with van der Waals surface area (Å²) < 4.78 is 7.47. The van der Waals surface area contributed by atoms with E-state index in [2.05, 4.69) is 4.98 Å². The average Bonchev–Trinajstić information content (AvgIpc) is 2.54. The first kappa shape index (κ1) is 14.7. The molecule has 1 aromatic heterocycles. The Kier molecular flexibility index (Phi) is 3.23. The van der Waals surface area contributed by atoms with Crippen LogP contribution in [0, 0.1) is 6.92 Å². The second-order valence-corrected chi connectivity index (χ2v) is 6.75. The average molecular weight is 280 g/mol. The van der Waals surface area contributed by atoms with Crippen molar-refractivity contribution in [3.63, 3.8) is 0 Å². The number of carbonyl (C=O) groups excluding carboxylic acids is 1. The van der Waals surface area contributed by atoms with E-state index in [0.717, 1.165) is 11.5 Å². The van der Waals surface area contributed by atoms with Crippen LogP contribution in [-0.4, -0.2) is 32.7 Å². The summed E-state index contributed by atoms with van der Waals surface area (Å²) in [5.74, 6) is 1.49. The molecule has 6 heteroatoms. The van der Waals surface area contributed by atoms with Crippen LogP contribution in [0.5, 0.6) is 0 Å². The summed E-state index contributed by atoms with van der Waals surface area (Å²) in [5, 5.41) is 0. The largest absolute Gasteiger partial charge is 0.444 e. The predicted octanol–water partition coefficient (Wildman–Crippen LogP) is 2.26. The van der Waals surface area contributed by atoms with Crippen molar-refractivity contribution in [2.45, 2.75) is 59.2 Å². The van der Waals surface area contributed by atoms with Gasteiger partial charge in [0, 0.05) is 13.1 Å². The third kappa shape index (κ3) is 2.34. The SMILES string of the molecule is Cc1nc2n(c1N)CCN(C(=O)OC(C)(C)C)C2(C)C. The fraction of sp³-hybridized carbons (Fsp3) is 0.714. The van der Waals surface area contributed by atoms with Gasteiger partial charge in [-0.3, -0.25) is 4.90 Å². The molecule has 0 bridgehead atoms. The molecule has 0 spiro atoms. The van der Waals surface area contributed by atoms with Crippen LogP contribution in [0.3, 0.4) is 0 Å². The summed E-state index contributed by atoms with van der Waals surface area (Å²) in [7, 11) is 0. The maximum Gasteiger partial charge on any atom is 0.411 e. The van der Waals surface area contributed by atoms with Crippen molar-refractivity contribution in [1.82, 2.24) is 14.5 Å². The summed E-state index contributed by atoms with van der Waals surface area (Å²) in [5.41, 5.74) is 5.79. The van der Waals surface area contributed by atoms with E-state index in [9.17, 15) is 4.79 Å². The number of hydrogen-bond donors (Lipinski definition) is 1. The minimum absolute atomic E-state index is 0.312. The highest BCUT2D eigenvalue weighted by Gasteiger charge is 2.42. The molecule has 0 aromatic carbocycles. The second-order valence-electron chi connectivity index (χ2n) is 6.75. The van der Waals surface area contributed by atoms with E-state index in [4.69, 9.17) is 10.5 Å². The highest BCUT2D eigenvalue weighted by molar-refractivity contribution is 5.69. The molecular formula is C14H24N4O2. The molecule has 0 aliphatic carbocycles. The van der Waals surface area contributed by atoms with E-state index in [0.29, 0.717) is 18.9 Å². The first-order valence-electron chi connectivity index (χ1n) is 6.88. The van der Waals surface area contributed by atoms with Crippen molar-refractivity contribution in [3.8, 4) is 0 Å². The molecule has 2 heterocycles. The predicted molar refractivity (Wildman–Crippen MR) is 77.3 cm³/mol. The number of carbonyl (C=O) groups is 1. The lowest BCUT2D eigenvalue weighted by Gasteiger charge is -2.42. The Labute approximate surface area is 119 Å². The van der Waals surface area contributed by atoms with Crippen molar-refractivity contribution in [2.75, 3.05) is 12.3 Å². The number of rotatable bonds is 0. The lowest BCUT2D eigenvalue weighted by molar-refractivity contribution is -0.00681. The van der Waals surface area contributed by atoms with Gasteiger partial charge in [-0.05, 0) is 41.5 Å². The van der Waals surface area contributed by atoms with E-state index in [1.807, 2.05) is 46.1 Å². The minimum atomic E-state index is -0.539. The number of imidazole rings is 1. The summed E-state index contributed by atoms with van der Waals surface area (Å²) in [6, 6.07) is 0. The van der Waals surface area contributed by atoms with Crippen LogP contribution in [0.25, 0.3) is 0 Å². The Balaban J connectivity index is 2.34. The quantitative estimate of drug-likeness (QED) is 0.791. The molecule has 20 heavy (non-hydrogen) atoms. The molecule has 0 unspecified atom stereocenters. The monoisotopic (exact) mass is 280 g/mol. The van der Waals surface area contributed by atoms with Crippen LogP contribution < -0.4 is 5.73 Å². The van der Waals surface area contributed by atoms with Gasteiger partial charge in [0.15, 0.2) is 0 Å². The Morgan fingerprint density at radius 2 is 1.95 bits per heavy atom. The number of nitrogens with zero attached hydrogens (tertiary/aromatic N) is 3. The number of ether oxygens (including phenoxy) is 1. The van der Waals surface area contributed by atoms with Crippen LogP contribution in [0.2, 0.25) is 0 Å². The minimum Gasteiger partial charge on any atom is -0.444 e. The molecule has 0 saturated heterocycles. The topological polar surface area (TPSA) is 73.4 Å². The smallest absolute Gasteiger partial charge is 0.411 e. The second kappa shape index (κ2) is 4.40. The van der Waals surface area contributed by atoms with Gasteiger partial charge < -0.3 is 15.0 Å². The summed E-state index contributed by atoms with van der Waals surface area (Å²) >= 11 is 0. The maximum absolute atomic E-state index is 12.4. The zero-order valence-corrected chi connectivity index (χ0v) is 13.1. The molecule has 0 atom stereocenters. The third-order valence-corrected chi connectivity index (χ3v) is 3.57. The van der Waals surface area contributed by atoms with Crippen LogP contribution in [0.1, 0.15) is 46.1 Å². The molecule has 0 saturated carbocycles. The number of nitrogen functional groups attached to an aromatic ring is 1. The lowest BCUT2D eigenvalue weighted by atomic mass is 10.00. The Morgan fingerprint density at radius 3 is 2.50 bits per heavy atom. The standard InChI is InChI=1S/C14H24N4O2/c1-9-10(15)17-7-8-18(12(19)20-13(2,3)4)14(5,6)11(17)16-9/h7-8,15H2,1-6H3. The maximum atomic E-state index is 12.4. The first-order chi connectivity index (χ1) is 9.04. The van der Waals surface area contributed by atoms with E-state index < -0.39 is 11.1 Å². The van der Waals surface area contributed by atoms with Crippen molar-refractivity contribution >= 4 is 11.9 Å². The van der Waals surface area contributed by atoms with Gasteiger partial charge in [-0.25, -0.2) is 9.78 Å². The zero-order chi connectivity index (χ0) is 15.3. The molecule has 2 N–H and O–H groups in total. The lowest BCUT2D eigenvalue weighted by Crippen LogP contribution is -2.53. The Morgan fingerprint density at radius 1 is 1.35 bits per heavy atom. The van der Waals surface area contributed by atoms with Crippen LogP contribution in [0.15, 0.2) is 0 Å². The normalized spacial score (nSPS) is 17.8. The summed E-state index contributed by atoms with van der Waals surface area (Å²) in [6.07, 6.45) is -0.312. The number of aryl methyl sites for hydroxylation is 1. The molecule has 1 amide bonds. The molecule has 2 rings (SSSR count). The molecular weight excluding hydrogens is 256 g/mol. The van der Waals surface area contributed by atoms with Gasteiger partial charge in [-0.1, -0.05) is 0 Å². The van der Waals surface area contributed by atoms with Gasteiger partial charge in [-0.15, -0.1) is 0 Å². The van der Waals surface area contributed by atoms with Gasteiger partial charge in [-0.2, -0.15) is 0 Å².